The van der Waals surface area contributed by atoms with Crippen LogP contribution < -0.4 is 0 Å². The summed E-state index contributed by atoms with van der Waals surface area (Å²) in [6, 6.07) is 2.72. The van der Waals surface area contributed by atoms with Crippen LogP contribution in [0.1, 0.15) is 22.6 Å². The first-order valence-corrected chi connectivity index (χ1v) is 6.16. The van der Waals surface area contributed by atoms with E-state index in [1.807, 2.05) is 0 Å². The smallest absolute Gasteiger partial charge is 0.358 e. The molecule has 1 atom stereocenters. The van der Waals surface area contributed by atoms with Gasteiger partial charge in [0.2, 0.25) is 6.33 Å². The van der Waals surface area contributed by atoms with Crippen LogP contribution in [-0.2, 0) is 0 Å². The molecule has 0 amide bonds. The quantitative estimate of drug-likeness (QED) is 0.491. The van der Waals surface area contributed by atoms with Crippen LogP contribution in [0.3, 0.4) is 0 Å². The second-order valence-corrected chi connectivity index (χ2v) is 5.30. The van der Waals surface area contributed by atoms with E-state index >= 15 is 0 Å². The Morgan fingerprint density at radius 1 is 1.61 bits per heavy atom. The number of ketones is 1. The molecule has 2 heterocycles. The van der Waals surface area contributed by atoms with E-state index in [1.54, 1.807) is 19.1 Å². The summed E-state index contributed by atoms with van der Waals surface area (Å²) in [7, 11) is 0. The maximum absolute atomic E-state index is 12.1. The first-order valence-electron chi connectivity index (χ1n) is 4.96. The number of carbonyl (C=O) groups excluding carboxylic acids is 1. The van der Waals surface area contributed by atoms with Crippen LogP contribution in [0, 0.1) is 10.1 Å². The van der Waals surface area contributed by atoms with Crippen LogP contribution in [0.25, 0.3) is 0 Å². The van der Waals surface area contributed by atoms with Gasteiger partial charge in [0.1, 0.15) is 6.20 Å². The second kappa shape index (κ2) is 4.87. The number of nitrogens with zero attached hydrogens (tertiary/aromatic N) is 3. The Morgan fingerprint density at radius 2 is 2.33 bits per heavy atom. The molecule has 0 N–H and O–H groups in total. The number of Topliss-reactive ketones (excluding diaryl/α,β-unsaturated/α-hetero) is 1. The SMILES string of the molecule is CC(C(=O)c1ccc(Cl)s1)n1cnc([N+](=O)[O-])c1. The van der Waals surface area contributed by atoms with E-state index < -0.39 is 11.0 Å². The Morgan fingerprint density at radius 3 is 2.83 bits per heavy atom. The average molecular weight is 286 g/mol. The number of imidazole rings is 1. The maximum atomic E-state index is 12.1. The fourth-order valence-electron chi connectivity index (χ4n) is 1.42. The second-order valence-electron chi connectivity index (χ2n) is 3.58. The van der Waals surface area contributed by atoms with E-state index in [0.717, 1.165) is 0 Å². The lowest BCUT2D eigenvalue weighted by Crippen LogP contribution is -2.14. The lowest BCUT2D eigenvalue weighted by Gasteiger charge is -2.08. The molecule has 0 aliphatic rings. The Hall–Kier alpha value is -1.73. The van der Waals surface area contributed by atoms with Crippen molar-refractivity contribution in [1.29, 1.82) is 0 Å². The number of rotatable bonds is 4. The van der Waals surface area contributed by atoms with Crippen molar-refractivity contribution in [2.45, 2.75) is 13.0 Å². The number of hydrogen-bond acceptors (Lipinski definition) is 5. The minimum Gasteiger partial charge on any atom is -0.358 e. The molecule has 0 bridgehead atoms. The van der Waals surface area contributed by atoms with Crippen LogP contribution in [0.5, 0.6) is 0 Å². The molecule has 0 aliphatic heterocycles. The number of aromatic nitrogens is 2. The monoisotopic (exact) mass is 285 g/mol. The topological polar surface area (TPSA) is 78.0 Å². The normalized spacial score (nSPS) is 12.3. The largest absolute Gasteiger partial charge is 0.381 e. The molecule has 6 nitrogen and oxygen atoms in total. The van der Waals surface area contributed by atoms with Crippen molar-refractivity contribution in [2.24, 2.45) is 0 Å². The van der Waals surface area contributed by atoms with Crippen molar-refractivity contribution in [3.05, 3.63) is 44.0 Å². The minimum absolute atomic E-state index is 0.154. The Labute approximate surface area is 111 Å². The van der Waals surface area contributed by atoms with Gasteiger partial charge in [0.05, 0.1) is 15.3 Å². The Kier molecular flexibility index (Phi) is 3.44. The Bertz CT molecular complexity index is 607. The van der Waals surface area contributed by atoms with Crippen LogP contribution in [0.2, 0.25) is 4.34 Å². The Balaban J connectivity index is 2.22. The highest BCUT2D eigenvalue weighted by molar-refractivity contribution is 7.18. The number of hydrogen-bond donors (Lipinski definition) is 0. The fraction of sp³-hybridized carbons (Fsp3) is 0.200. The highest BCUT2D eigenvalue weighted by atomic mass is 35.5. The summed E-state index contributed by atoms with van der Waals surface area (Å²) in [5.41, 5.74) is 0. The number of thiophene rings is 1. The fourth-order valence-corrected chi connectivity index (χ4v) is 2.49. The summed E-state index contributed by atoms with van der Waals surface area (Å²) in [5, 5.41) is 10.5. The third-order valence-electron chi connectivity index (χ3n) is 2.42. The molecule has 0 radical (unpaired) electrons. The third-order valence-corrected chi connectivity index (χ3v) is 3.66. The van der Waals surface area contributed by atoms with Crippen molar-refractivity contribution in [3.8, 4) is 0 Å². The zero-order valence-electron chi connectivity index (χ0n) is 9.24. The van der Waals surface area contributed by atoms with Gasteiger partial charge in [0.15, 0.2) is 5.78 Å². The molecule has 1 unspecified atom stereocenters. The van der Waals surface area contributed by atoms with E-state index in [4.69, 9.17) is 11.6 Å². The molecule has 0 aromatic carbocycles. The molecular weight excluding hydrogens is 278 g/mol. The molecule has 94 valence electrons. The minimum atomic E-state index is -0.601. The van der Waals surface area contributed by atoms with E-state index in [2.05, 4.69) is 4.98 Å². The first-order chi connectivity index (χ1) is 8.49. The molecule has 0 saturated heterocycles. The van der Waals surface area contributed by atoms with Crippen molar-refractivity contribution < 1.29 is 9.72 Å². The van der Waals surface area contributed by atoms with Gasteiger partial charge in [-0.1, -0.05) is 11.6 Å². The van der Waals surface area contributed by atoms with E-state index in [9.17, 15) is 14.9 Å². The van der Waals surface area contributed by atoms with Crippen molar-refractivity contribution >= 4 is 34.5 Å². The van der Waals surface area contributed by atoms with Crippen LogP contribution in [0.4, 0.5) is 5.82 Å². The summed E-state index contributed by atoms with van der Waals surface area (Å²) in [4.78, 5) is 26.1. The highest BCUT2D eigenvalue weighted by Gasteiger charge is 2.21. The van der Waals surface area contributed by atoms with E-state index in [0.29, 0.717) is 9.21 Å². The summed E-state index contributed by atoms with van der Waals surface area (Å²) in [6.07, 6.45) is 2.51. The zero-order valence-corrected chi connectivity index (χ0v) is 10.8. The predicted molar refractivity (Wildman–Crippen MR) is 67.3 cm³/mol. The van der Waals surface area contributed by atoms with E-state index in [1.165, 1.54) is 28.4 Å². The highest BCUT2D eigenvalue weighted by Crippen LogP contribution is 2.25. The number of carbonyl (C=O) groups is 1. The van der Waals surface area contributed by atoms with Gasteiger partial charge in [-0.2, -0.15) is 0 Å². The van der Waals surface area contributed by atoms with Gasteiger partial charge < -0.3 is 10.1 Å². The molecule has 0 fully saturated rings. The van der Waals surface area contributed by atoms with Crippen molar-refractivity contribution in [1.82, 2.24) is 9.55 Å². The summed E-state index contributed by atoms with van der Waals surface area (Å²) in [5.74, 6) is -0.432. The lowest BCUT2D eigenvalue weighted by molar-refractivity contribution is -0.389. The molecule has 8 heteroatoms. The van der Waals surface area contributed by atoms with Gasteiger partial charge in [-0.3, -0.25) is 9.36 Å². The van der Waals surface area contributed by atoms with E-state index in [-0.39, 0.29) is 11.6 Å². The third kappa shape index (κ3) is 2.41. The average Bonchev–Trinajstić information content (AvgIpc) is 2.95. The number of nitro groups is 1. The van der Waals surface area contributed by atoms with Gasteiger partial charge in [0.25, 0.3) is 0 Å². The maximum Gasteiger partial charge on any atom is 0.381 e. The molecule has 0 spiro atoms. The van der Waals surface area contributed by atoms with Gasteiger partial charge >= 0.3 is 5.82 Å². The van der Waals surface area contributed by atoms with Crippen LogP contribution >= 0.6 is 22.9 Å². The molecule has 0 aliphatic carbocycles. The number of halogens is 1. The lowest BCUT2D eigenvalue weighted by atomic mass is 10.2. The van der Waals surface area contributed by atoms with Crippen molar-refractivity contribution in [3.63, 3.8) is 0 Å². The summed E-state index contributed by atoms with van der Waals surface area (Å²) >= 11 is 6.94. The summed E-state index contributed by atoms with van der Waals surface area (Å²) < 4.78 is 1.94. The van der Waals surface area contributed by atoms with Gasteiger partial charge in [-0.25, -0.2) is 0 Å². The van der Waals surface area contributed by atoms with Crippen LogP contribution in [-0.4, -0.2) is 20.3 Å². The predicted octanol–water partition coefficient (Wildman–Crippen LogP) is 2.95. The standard InChI is InChI=1S/C10H8ClN3O3S/c1-6(10(15)7-2-3-8(11)18-7)13-4-9(12-5-13)14(16)17/h2-6H,1H3. The van der Waals surface area contributed by atoms with Gasteiger partial charge in [0, 0.05) is 0 Å². The van der Waals surface area contributed by atoms with Crippen LogP contribution in [0.15, 0.2) is 24.7 Å². The zero-order chi connectivity index (χ0) is 13.3. The molecular formula is C10H8ClN3O3S. The molecule has 2 rings (SSSR count). The van der Waals surface area contributed by atoms with Gasteiger partial charge in [-0.15, -0.1) is 11.3 Å². The molecule has 0 saturated carbocycles. The molecule has 18 heavy (non-hydrogen) atoms. The molecule has 2 aromatic rings. The van der Waals surface area contributed by atoms with Crippen molar-refractivity contribution in [2.75, 3.05) is 0 Å². The first kappa shape index (κ1) is 12.7. The molecule has 2 aromatic heterocycles. The summed E-state index contributed by atoms with van der Waals surface area (Å²) in [6.45, 7) is 1.65. The van der Waals surface area contributed by atoms with Gasteiger partial charge in [-0.05, 0) is 29.0 Å².